The molecule has 6 fully saturated rings. The van der Waals surface area contributed by atoms with Crippen LogP contribution < -0.4 is 5.32 Å². The molecule has 6 aliphatic rings. The molecule has 4 nitrogen and oxygen atoms in total. The van der Waals surface area contributed by atoms with E-state index in [4.69, 9.17) is 0 Å². The Labute approximate surface area is 193 Å². The fourth-order valence-corrected chi connectivity index (χ4v) is 8.74. The summed E-state index contributed by atoms with van der Waals surface area (Å²) in [4.78, 5) is 28.0. The van der Waals surface area contributed by atoms with Crippen LogP contribution in [0.1, 0.15) is 86.6 Å². The lowest BCUT2D eigenvalue weighted by Gasteiger charge is -2.60. The van der Waals surface area contributed by atoms with Crippen molar-refractivity contribution < 1.29 is 9.59 Å². The van der Waals surface area contributed by atoms with Crippen LogP contribution in [-0.2, 0) is 11.3 Å². The number of alkyl halides is 1. The third-order valence-corrected chi connectivity index (χ3v) is 9.35. The molecular formula is C26H33BrN2O2. The van der Waals surface area contributed by atoms with Gasteiger partial charge in [-0.25, -0.2) is 0 Å². The number of hydrogen-bond acceptors (Lipinski definition) is 2. The van der Waals surface area contributed by atoms with E-state index in [0.717, 1.165) is 55.1 Å². The molecule has 0 heterocycles. The number of nitrogens with one attached hydrogen (secondary N) is 1. The third-order valence-electron chi connectivity index (χ3n) is 8.43. The Morgan fingerprint density at radius 2 is 1.68 bits per heavy atom. The minimum atomic E-state index is 0.0229. The first-order valence-corrected chi connectivity index (χ1v) is 13.1. The molecule has 0 radical (unpaired) electrons. The molecule has 2 unspecified atom stereocenters. The zero-order valence-electron chi connectivity index (χ0n) is 18.2. The molecular weight excluding hydrogens is 452 g/mol. The predicted molar refractivity (Wildman–Crippen MR) is 124 cm³/mol. The van der Waals surface area contributed by atoms with Gasteiger partial charge in [0.05, 0.1) is 0 Å². The molecule has 6 aliphatic carbocycles. The molecule has 0 spiro atoms. The Balaban J connectivity index is 1.13. The van der Waals surface area contributed by atoms with Gasteiger partial charge in [-0.2, -0.15) is 0 Å². The summed E-state index contributed by atoms with van der Waals surface area (Å²) in [6.07, 6.45) is 12.9. The highest BCUT2D eigenvalue weighted by Gasteiger charge is 2.57. The van der Waals surface area contributed by atoms with Crippen molar-refractivity contribution in [1.82, 2.24) is 10.2 Å². The third kappa shape index (κ3) is 4.19. The van der Waals surface area contributed by atoms with Gasteiger partial charge in [0.25, 0.3) is 5.91 Å². The van der Waals surface area contributed by atoms with Gasteiger partial charge >= 0.3 is 0 Å². The average Bonchev–Trinajstić information content (AvgIpc) is 3.59. The van der Waals surface area contributed by atoms with Crippen LogP contribution in [0.5, 0.6) is 0 Å². The maximum atomic E-state index is 13.6. The van der Waals surface area contributed by atoms with Crippen molar-refractivity contribution in [3.8, 4) is 0 Å². The summed E-state index contributed by atoms with van der Waals surface area (Å²) in [6.45, 7) is 0.677. The van der Waals surface area contributed by atoms with Crippen LogP contribution in [0, 0.1) is 17.3 Å². The van der Waals surface area contributed by atoms with Crippen molar-refractivity contribution in [2.45, 2.75) is 93.6 Å². The van der Waals surface area contributed by atoms with Crippen molar-refractivity contribution in [2.24, 2.45) is 17.3 Å². The summed E-state index contributed by atoms with van der Waals surface area (Å²) < 4.78 is 0.304. The first-order valence-electron chi connectivity index (χ1n) is 12.3. The van der Waals surface area contributed by atoms with E-state index >= 15 is 0 Å². The van der Waals surface area contributed by atoms with E-state index in [1.165, 1.54) is 38.5 Å². The fraction of sp³-hybridized carbons (Fsp3) is 0.692. The van der Waals surface area contributed by atoms with E-state index in [9.17, 15) is 9.59 Å². The maximum Gasteiger partial charge on any atom is 0.251 e. The van der Waals surface area contributed by atoms with Gasteiger partial charge in [-0.1, -0.05) is 28.1 Å². The van der Waals surface area contributed by atoms with Crippen LogP contribution in [0.3, 0.4) is 0 Å². The average molecular weight is 485 g/mol. The van der Waals surface area contributed by atoms with E-state index in [-0.39, 0.29) is 11.3 Å². The largest absolute Gasteiger partial charge is 0.349 e. The molecule has 5 heteroatoms. The molecule has 1 N–H and O–H groups in total. The highest BCUT2D eigenvalue weighted by atomic mass is 79.9. The van der Waals surface area contributed by atoms with Crippen molar-refractivity contribution in [3.63, 3.8) is 0 Å². The van der Waals surface area contributed by atoms with Crippen molar-refractivity contribution >= 4 is 27.7 Å². The first kappa shape index (κ1) is 20.3. The monoisotopic (exact) mass is 484 g/mol. The molecule has 7 rings (SSSR count). The van der Waals surface area contributed by atoms with E-state index in [1.54, 1.807) is 0 Å². The molecule has 2 amide bonds. The van der Waals surface area contributed by atoms with Crippen LogP contribution in [0.2, 0.25) is 0 Å². The van der Waals surface area contributed by atoms with Crippen LogP contribution in [0.25, 0.3) is 0 Å². The molecule has 31 heavy (non-hydrogen) atoms. The lowest BCUT2D eigenvalue weighted by molar-refractivity contribution is -0.139. The molecule has 2 atom stereocenters. The van der Waals surface area contributed by atoms with E-state index in [1.807, 2.05) is 24.3 Å². The van der Waals surface area contributed by atoms with E-state index in [0.29, 0.717) is 28.9 Å². The molecule has 1 aromatic carbocycles. The van der Waals surface area contributed by atoms with Gasteiger partial charge in [0.2, 0.25) is 5.91 Å². The smallest absolute Gasteiger partial charge is 0.251 e. The molecule has 0 aromatic heterocycles. The predicted octanol–water partition coefficient (Wildman–Crippen LogP) is 5.19. The molecule has 6 saturated carbocycles. The molecule has 1 aromatic rings. The lowest BCUT2D eigenvalue weighted by Crippen LogP contribution is -2.54. The quantitative estimate of drug-likeness (QED) is 0.541. The van der Waals surface area contributed by atoms with Gasteiger partial charge in [0.15, 0.2) is 0 Å². The van der Waals surface area contributed by atoms with Crippen molar-refractivity contribution in [3.05, 3.63) is 35.4 Å². The van der Waals surface area contributed by atoms with Gasteiger partial charge in [0, 0.05) is 34.9 Å². The number of amides is 2. The highest BCUT2D eigenvalue weighted by Crippen LogP contribution is 2.65. The number of benzene rings is 1. The summed E-state index contributed by atoms with van der Waals surface area (Å²) in [5, 5.41) is 3.04. The SMILES string of the molecule is O=C(NC1CC1)c1ccc(CN(C(=O)CC23CC4CC(CC(Br)(C4)C2)C3)C2CC2)cc1. The number of nitrogens with zero attached hydrogens (tertiary/aromatic N) is 1. The highest BCUT2D eigenvalue weighted by molar-refractivity contribution is 9.10. The zero-order chi connectivity index (χ0) is 21.2. The summed E-state index contributed by atoms with van der Waals surface area (Å²) in [5.41, 5.74) is 2.07. The minimum absolute atomic E-state index is 0.0229. The van der Waals surface area contributed by atoms with Gasteiger partial charge in [-0.05, 0) is 99.2 Å². The number of rotatable bonds is 7. The first-order chi connectivity index (χ1) is 14.9. The summed E-state index contributed by atoms with van der Waals surface area (Å²) >= 11 is 4.09. The van der Waals surface area contributed by atoms with Gasteiger partial charge < -0.3 is 10.2 Å². The molecule has 166 valence electrons. The minimum Gasteiger partial charge on any atom is -0.349 e. The zero-order valence-corrected chi connectivity index (χ0v) is 19.8. The summed E-state index contributed by atoms with van der Waals surface area (Å²) in [7, 11) is 0. The van der Waals surface area contributed by atoms with E-state index < -0.39 is 0 Å². The Kier molecular flexibility index (Phi) is 4.79. The number of halogens is 1. The number of carbonyl (C=O) groups excluding carboxylic acids is 2. The second-order valence-corrected chi connectivity index (χ2v) is 13.2. The normalized spacial score (nSPS) is 35.8. The Morgan fingerprint density at radius 3 is 2.26 bits per heavy atom. The maximum absolute atomic E-state index is 13.6. The Bertz CT molecular complexity index is 875. The number of hydrogen-bond donors (Lipinski definition) is 1. The number of carbonyl (C=O) groups is 2. The summed E-state index contributed by atoms with van der Waals surface area (Å²) in [6, 6.07) is 8.67. The molecule has 0 aliphatic heterocycles. The second kappa shape index (κ2) is 7.33. The summed E-state index contributed by atoms with van der Waals surface area (Å²) in [5.74, 6) is 2.01. The van der Waals surface area contributed by atoms with Gasteiger partial charge in [-0.15, -0.1) is 0 Å². The topological polar surface area (TPSA) is 49.4 Å². The van der Waals surface area contributed by atoms with Crippen molar-refractivity contribution in [2.75, 3.05) is 0 Å². The van der Waals surface area contributed by atoms with Crippen LogP contribution in [0.4, 0.5) is 0 Å². The fourth-order valence-electron chi connectivity index (χ4n) is 7.23. The Hall–Kier alpha value is -1.36. The van der Waals surface area contributed by atoms with Crippen LogP contribution in [0.15, 0.2) is 24.3 Å². The lowest BCUT2D eigenvalue weighted by atomic mass is 9.48. The standard InChI is InChI=1S/C26H33BrN2O2/c27-26-12-18-9-19(13-26)11-25(10-18,16-26)14-23(30)29(22-7-8-22)15-17-1-3-20(4-2-17)24(31)28-21-5-6-21/h1-4,18-19,21-22H,5-16H2,(H,28,31). The van der Waals surface area contributed by atoms with Gasteiger partial charge in [-0.3, -0.25) is 9.59 Å². The molecule has 4 bridgehead atoms. The van der Waals surface area contributed by atoms with Crippen molar-refractivity contribution in [1.29, 1.82) is 0 Å². The van der Waals surface area contributed by atoms with Gasteiger partial charge in [0.1, 0.15) is 0 Å². The molecule has 0 saturated heterocycles. The second-order valence-electron chi connectivity index (χ2n) is 11.5. The Morgan fingerprint density at radius 1 is 1.00 bits per heavy atom. The van der Waals surface area contributed by atoms with Crippen LogP contribution in [-0.4, -0.2) is 33.1 Å². The van der Waals surface area contributed by atoms with E-state index in [2.05, 4.69) is 26.1 Å². The van der Waals surface area contributed by atoms with Crippen LogP contribution >= 0.6 is 15.9 Å².